The van der Waals surface area contributed by atoms with Crippen LogP contribution in [0.2, 0.25) is 0 Å². The number of anilines is 1. The molecule has 21 heavy (non-hydrogen) atoms. The quantitative estimate of drug-likeness (QED) is 0.929. The third-order valence-corrected chi connectivity index (χ3v) is 4.09. The summed E-state index contributed by atoms with van der Waals surface area (Å²) in [4.78, 5) is 18.0. The first-order chi connectivity index (χ1) is 9.90. The third-order valence-electron chi connectivity index (χ3n) is 3.45. The monoisotopic (exact) mass is 312 g/mol. The number of ether oxygens (including phenoxy) is 1. The number of amides is 1. The lowest BCUT2D eigenvalue weighted by atomic mass is 9.96. The number of aromatic nitrogens is 2. The number of nitrogens with zero attached hydrogens (tertiary/aromatic N) is 3. The van der Waals surface area contributed by atoms with Crippen molar-refractivity contribution in [3.63, 3.8) is 0 Å². The average Bonchev–Trinajstić information content (AvgIpc) is 2.88. The molecule has 0 aliphatic carbocycles. The molecule has 1 fully saturated rings. The van der Waals surface area contributed by atoms with E-state index in [0.717, 1.165) is 36.9 Å². The van der Waals surface area contributed by atoms with Crippen LogP contribution >= 0.6 is 11.5 Å². The Morgan fingerprint density at radius 3 is 2.62 bits per heavy atom. The number of rotatable bonds is 3. The minimum atomic E-state index is -0.207. The second-order valence-electron chi connectivity index (χ2n) is 6.28. The van der Waals surface area contributed by atoms with Crippen LogP contribution in [0.5, 0.6) is 0 Å². The highest BCUT2D eigenvalue weighted by molar-refractivity contribution is 7.09. The first kappa shape index (κ1) is 16.0. The maximum absolute atomic E-state index is 11.6. The molecule has 1 aromatic heterocycles. The SMILES string of the molecule is CCOC(=O)N1CCC(Nc2nc(C(C)(C)C)ns2)CC1. The van der Waals surface area contributed by atoms with Crippen molar-refractivity contribution in [1.82, 2.24) is 14.3 Å². The predicted molar refractivity (Wildman–Crippen MR) is 83.8 cm³/mol. The van der Waals surface area contributed by atoms with Gasteiger partial charge in [0.25, 0.3) is 0 Å². The third kappa shape index (κ3) is 4.30. The molecule has 1 aliphatic heterocycles. The van der Waals surface area contributed by atoms with Crippen molar-refractivity contribution < 1.29 is 9.53 Å². The Balaban J connectivity index is 1.83. The molecule has 0 bridgehead atoms. The minimum Gasteiger partial charge on any atom is -0.450 e. The van der Waals surface area contributed by atoms with Gasteiger partial charge in [0.2, 0.25) is 5.13 Å². The molecule has 0 atom stereocenters. The summed E-state index contributed by atoms with van der Waals surface area (Å²) in [7, 11) is 0. The average molecular weight is 312 g/mol. The molecule has 1 aliphatic rings. The number of carbonyl (C=O) groups excluding carboxylic acids is 1. The molecule has 1 aromatic rings. The van der Waals surface area contributed by atoms with Crippen LogP contribution in [-0.4, -0.2) is 46.1 Å². The van der Waals surface area contributed by atoms with Gasteiger partial charge in [-0.25, -0.2) is 9.78 Å². The van der Waals surface area contributed by atoms with E-state index >= 15 is 0 Å². The normalized spacial score (nSPS) is 16.9. The fourth-order valence-electron chi connectivity index (χ4n) is 2.18. The van der Waals surface area contributed by atoms with E-state index in [2.05, 4.69) is 35.4 Å². The highest BCUT2D eigenvalue weighted by Crippen LogP contribution is 2.24. The summed E-state index contributed by atoms with van der Waals surface area (Å²) in [6.45, 7) is 10.0. The Morgan fingerprint density at radius 2 is 2.10 bits per heavy atom. The summed E-state index contributed by atoms with van der Waals surface area (Å²) in [5, 5.41) is 4.30. The lowest BCUT2D eigenvalue weighted by Gasteiger charge is -2.31. The maximum atomic E-state index is 11.6. The van der Waals surface area contributed by atoms with E-state index in [4.69, 9.17) is 4.74 Å². The minimum absolute atomic E-state index is 0.0241. The van der Waals surface area contributed by atoms with Gasteiger partial charge in [-0.1, -0.05) is 20.8 Å². The van der Waals surface area contributed by atoms with Gasteiger partial charge >= 0.3 is 6.09 Å². The molecule has 7 heteroatoms. The largest absolute Gasteiger partial charge is 0.450 e. The molecule has 6 nitrogen and oxygen atoms in total. The molecular weight excluding hydrogens is 288 g/mol. The summed E-state index contributed by atoms with van der Waals surface area (Å²) >= 11 is 1.41. The summed E-state index contributed by atoms with van der Waals surface area (Å²) in [6.07, 6.45) is 1.61. The summed E-state index contributed by atoms with van der Waals surface area (Å²) < 4.78 is 9.43. The van der Waals surface area contributed by atoms with Crippen molar-refractivity contribution >= 4 is 22.8 Å². The number of likely N-dealkylation sites (tertiary alicyclic amines) is 1. The van der Waals surface area contributed by atoms with Gasteiger partial charge in [0, 0.05) is 36.1 Å². The van der Waals surface area contributed by atoms with E-state index in [1.807, 2.05) is 6.92 Å². The predicted octanol–water partition coefficient (Wildman–Crippen LogP) is 2.87. The van der Waals surface area contributed by atoms with Crippen LogP contribution in [0.1, 0.15) is 46.4 Å². The van der Waals surface area contributed by atoms with Crippen LogP contribution in [0.15, 0.2) is 0 Å². The zero-order chi connectivity index (χ0) is 15.5. The molecule has 1 saturated heterocycles. The van der Waals surface area contributed by atoms with Gasteiger partial charge in [-0.15, -0.1) is 0 Å². The Hall–Kier alpha value is -1.37. The van der Waals surface area contributed by atoms with Crippen LogP contribution in [0, 0.1) is 0 Å². The van der Waals surface area contributed by atoms with Crippen molar-refractivity contribution in [2.75, 3.05) is 25.0 Å². The van der Waals surface area contributed by atoms with Crippen molar-refractivity contribution in [1.29, 1.82) is 0 Å². The molecule has 2 rings (SSSR count). The molecule has 2 heterocycles. The summed E-state index contributed by atoms with van der Waals surface area (Å²) in [6, 6.07) is 0.344. The molecule has 118 valence electrons. The standard InChI is InChI=1S/C14H24N4O2S/c1-5-20-13(19)18-8-6-10(7-9-18)15-12-16-11(17-21-12)14(2,3)4/h10H,5-9H2,1-4H3,(H,15,16,17). The summed E-state index contributed by atoms with van der Waals surface area (Å²) in [5.74, 6) is 0.874. The molecule has 1 N–H and O–H groups in total. The number of hydrogen-bond acceptors (Lipinski definition) is 6. The number of piperidine rings is 1. The fourth-order valence-corrected chi connectivity index (χ4v) is 3.02. The van der Waals surface area contributed by atoms with E-state index in [1.54, 1.807) is 4.90 Å². The Bertz CT molecular complexity index is 476. The van der Waals surface area contributed by atoms with E-state index in [-0.39, 0.29) is 11.5 Å². The van der Waals surface area contributed by atoms with E-state index < -0.39 is 0 Å². The topological polar surface area (TPSA) is 67.3 Å². The number of hydrogen-bond donors (Lipinski definition) is 1. The first-order valence-corrected chi connectivity index (χ1v) is 8.20. The number of nitrogens with one attached hydrogen (secondary N) is 1. The fraction of sp³-hybridized carbons (Fsp3) is 0.786. The molecular formula is C14H24N4O2S. The van der Waals surface area contributed by atoms with Crippen LogP contribution in [0.25, 0.3) is 0 Å². The second-order valence-corrected chi connectivity index (χ2v) is 7.03. The Morgan fingerprint density at radius 1 is 1.43 bits per heavy atom. The highest BCUT2D eigenvalue weighted by Gasteiger charge is 2.25. The zero-order valence-corrected chi connectivity index (χ0v) is 14.0. The van der Waals surface area contributed by atoms with Crippen molar-refractivity contribution in [3.05, 3.63) is 5.82 Å². The van der Waals surface area contributed by atoms with Crippen LogP contribution in [0.4, 0.5) is 9.93 Å². The molecule has 1 amide bonds. The van der Waals surface area contributed by atoms with E-state index in [9.17, 15) is 4.79 Å². The lowest BCUT2D eigenvalue weighted by molar-refractivity contribution is 0.0983. The van der Waals surface area contributed by atoms with Crippen LogP contribution in [-0.2, 0) is 10.2 Å². The molecule has 0 aromatic carbocycles. The molecule has 0 spiro atoms. The Labute approximate surface area is 130 Å². The van der Waals surface area contributed by atoms with E-state index in [0.29, 0.717) is 12.6 Å². The van der Waals surface area contributed by atoms with Crippen LogP contribution < -0.4 is 5.32 Å². The van der Waals surface area contributed by atoms with Crippen LogP contribution in [0.3, 0.4) is 0 Å². The van der Waals surface area contributed by atoms with Crippen molar-refractivity contribution in [2.24, 2.45) is 0 Å². The van der Waals surface area contributed by atoms with Gasteiger partial charge in [-0.05, 0) is 19.8 Å². The molecule has 0 radical (unpaired) electrons. The van der Waals surface area contributed by atoms with Gasteiger partial charge in [0.05, 0.1) is 6.61 Å². The van der Waals surface area contributed by atoms with E-state index in [1.165, 1.54) is 11.5 Å². The smallest absolute Gasteiger partial charge is 0.409 e. The van der Waals surface area contributed by atoms with Gasteiger partial charge in [-0.3, -0.25) is 0 Å². The van der Waals surface area contributed by atoms with Gasteiger partial charge < -0.3 is 15.0 Å². The van der Waals surface area contributed by atoms with Gasteiger partial charge in [0.15, 0.2) is 0 Å². The first-order valence-electron chi connectivity index (χ1n) is 7.42. The summed E-state index contributed by atoms with van der Waals surface area (Å²) in [5.41, 5.74) is -0.0241. The molecule has 0 saturated carbocycles. The lowest BCUT2D eigenvalue weighted by Crippen LogP contribution is -2.42. The van der Waals surface area contributed by atoms with Gasteiger partial charge in [-0.2, -0.15) is 4.37 Å². The van der Waals surface area contributed by atoms with Crippen molar-refractivity contribution in [3.8, 4) is 0 Å². The number of carbonyl (C=O) groups is 1. The molecule has 0 unspecified atom stereocenters. The Kier molecular flexibility index (Phi) is 5.03. The van der Waals surface area contributed by atoms with Gasteiger partial charge in [0.1, 0.15) is 5.82 Å². The maximum Gasteiger partial charge on any atom is 0.409 e. The zero-order valence-electron chi connectivity index (χ0n) is 13.2. The highest BCUT2D eigenvalue weighted by atomic mass is 32.1. The van der Waals surface area contributed by atoms with Crippen molar-refractivity contribution in [2.45, 2.75) is 52.0 Å². The second kappa shape index (κ2) is 6.60.